The van der Waals surface area contributed by atoms with Gasteiger partial charge in [-0.1, -0.05) is 0 Å². The number of aromatic nitrogens is 2. The molecule has 0 aliphatic carbocycles. The summed E-state index contributed by atoms with van der Waals surface area (Å²) in [6, 6.07) is 2.26. The average Bonchev–Trinajstić information content (AvgIpc) is 2.65. The van der Waals surface area contributed by atoms with Crippen LogP contribution in [0.4, 0.5) is 5.82 Å². The van der Waals surface area contributed by atoms with Gasteiger partial charge in [0.1, 0.15) is 17.5 Å². The Morgan fingerprint density at radius 1 is 1.44 bits per heavy atom. The number of piperidine rings is 1. The zero-order valence-corrected chi connectivity index (χ0v) is 11.3. The van der Waals surface area contributed by atoms with E-state index in [0.717, 1.165) is 44.0 Å². The van der Waals surface area contributed by atoms with Crippen molar-refractivity contribution in [3.05, 3.63) is 11.3 Å². The van der Waals surface area contributed by atoms with Crippen LogP contribution < -0.4 is 4.90 Å². The van der Waals surface area contributed by atoms with Gasteiger partial charge < -0.3 is 9.64 Å². The maximum absolute atomic E-state index is 9.22. The smallest absolute Gasteiger partial charge is 0.144 e. The van der Waals surface area contributed by atoms with E-state index in [4.69, 9.17) is 4.74 Å². The molecule has 0 atom stereocenters. The van der Waals surface area contributed by atoms with Crippen molar-refractivity contribution in [2.75, 3.05) is 24.6 Å². The third-order valence-corrected chi connectivity index (χ3v) is 3.45. The molecule has 1 aromatic rings. The lowest BCUT2D eigenvalue weighted by Crippen LogP contribution is -2.38. The molecule has 18 heavy (non-hydrogen) atoms. The van der Waals surface area contributed by atoms with Crippen LogP contribution in [0.2, 0.25) is 0 Å². The van der Waals surface area contributed by atoms with Crippen LogP contribution in [0.25, 0.3) is 0 Å². The van der Waals surface area contributed by atoms with Crippen LogP contribution in [0.3, 0.4) is 0 Å². The first kappa shape index (κ1) is 12.9. The maximum Gasteiger partial charge on any atom is 0.144 e. The third-order valence-electron chi connectivity index (χ3n) is 3.45. The minimum absolute atomic E-state index is 0.367. The highest BCUT2D eigenvalue weighted by atomic mass is 16.5. The molecule has 98 valence electrons. The molecular formula is C13H20N4O. The van der Waals surface area contributed by atoms with Gasteiger partial charge in [0.25, 0.3) is 0 Å². The van der Waals surface area contributed by atoms with Crippen LogP contribution in [0.5, 0.6) is 0 Å². The highest BCUT2D eigenvalue weighted by Crippen LogP contribution is 2.26. The summed E-state index contributed by atoms with van der Waals surface area (Å²) in [5, 5.41) is 13.6. The van der Waals surface area contributed by atoms with Crippen molar-refractivity contribution in [2.24, 2.45) is 7.05 Å². The lowest BCUT2D eigenvalue weighted by atomic mass is 10.1. The zero-order chi connectivity index (χ0) is 13.1. The van der Waals surface area contributed by atoms with Crippen LogP contribution in [0.1, 0.15) is 31.0 Å². The summed E-state index contributed by atoms with van der Waals surface area (Å²) in [5.41, 5.74) is 1.51. The number of nitrogens with zero attached hydrogens (tertiary/aromatic N) is 4. The molecule has 5 heteroatoms. The van der Waals surface area contributed by atoms with Gasteiger partial charge in [-0.3, -0.25) is 4.68 Å². The van der Waals surface area contributed by atoms with Crippen molar-refractivity contribution in [1.29, 1.82) is 5.26 Å². The Balaban J connectivity index is 2.13. The van der Waals surface area contributed by atoms with Crippen molar-refractivity contribution < 1.29 is 4.74 Å². The summed E-state index contributed by atoms with van der Waals surface area (Å²) in [6.07, 6.45) is 2.40. The molecular weight excluding hydrogens is 228 g/mol. The number of rotatable bonds is 3. The fourth-order valence-electron chi connectivity index (χ4n) is 2.61. The second kappa shape index (κ2) is 5.40. The topological polar surface area (TPSA) is 54.1 Å². The van der Waals surface area contributed by atoms with Crippen molar-refractivity contribution in [3.63, 3.8) is 0 Å². The molecule has 1 saturated heterocycles. The van der Waals surface area contributed by atoms with E-state index in [1.165, 1.54) is 0 Å². The predicted octanol–water partition coefficient (Wildman–Crippen LogP) is 1.61. The Kier molecular flexibility index (Phi) is 3.87. The van der Waals surface area contributed by atoms with Crippen LogP contribution in [0, 0.1) is 18.3 Å². The van der Waals surface area contributed by atoms with Gasteiger partial charge in [-0.2, -0.15) is 10.4 Å². The fraction of sp³-hybridized carbons (Fsp3) is 0.692. The molecule has 1 aliphatic heterocycles. The second-order valence-electron chi connectivity index (χ2n) is 4.66. The number of hydrogen-bond acceptors (Lipinski definition) is 4. The van der Waals surface area contributed by atoms with Gasteiger partial charge in [0.05, 0.1) is 11.8 Å². The van der Waals surface area contributed by atoms with Crippen LogP contribution in [-0.2, 0) is 11.8 Å². The predicted molar refractivity (Wildman–Crippen MR) is 69.5 cm³/mol. The third kappa shape index (κ3) is 2.34. The summed E-state index contributed by atoms with van der Waals surface area (Å²) >= 11 is 0. The van der Waals surface area contributed by atoms with Crippen molar-refractivity contribution >= 4 is 5.82 Å². The van der Waals surface area contributed by atoms with E-state index in [1.54, 1.807) is 0 Å². The van der Waals surface area contributed by atoms with E-state index >= 15 is 0 Å². The van der Waals surface area contributed by atoms with Gasteiger partial charge in [-0.05, 0) is 26.7 Å². The number of ether oxygens (including phenoxy) is 1. The number of hydrogen-bond donors (Lipinski definition) is 0. The molecule has 5 nitrogen and oxygen atoms in total. The molecule has 1 aliphatic rings. The lowest BCUT2D eigenvalue weighted by Gasteiger charge is -2.33. The van der Waals surface area contributed by atoms with Gasteiger partial charge in [-0.15, -0.1) is 0 Å². The average molecular weight is 248 g/mol. The Morgan fingerprint density at radius 2 is 2.11 bits per heavy atom. The normalized spacial score (nSPS) is 16.9. The van der Waals surface area contributed by atoms with Gasteiger partial charge in [0.2, 0.25) is 0 Å². The molecule has 0 bridgehead atoms. The number of aryl methyl sites for hydroxylation is 2. The minimum atomic E-state index is 0.367. The summed E-state index contributed by atoms with van der Waals surface area (Å²) in [5.74, 6) is 0.949. The van der Waals surface area contributed by atoms with Gasteiger partial charge in [-0.25, -0.2) is 0 Å². The first-order chi connectivity index (χ1) is 8.67. The molecule has 0 unspecified atom stereocenters. The summed E-state index contributed by atoms with van der Waals surface area (Å²) < 4.78 is 7.46. The van der Waals surface area contributed by atoms with Crippen LogP contribution in [0.15, 0.2) is 0 Å². The SMILES string of the molecule is CCOC1CCN(c2c(C#N)c(C)nn2C)CC1. The molecule has 2 rings (SSSR count). The van der Waals surface area contributed by atoms with Crippen molar-refractivity contribution in [1.82, 2.24) is 9.78 Å². The first-order valence-electron chi connectivity index (χ1n) is 6.47. The lowest BCUT2D eigenvalue weighted by molar-refractivity contribution is 0.0457. The summed E-state index contributed by atoms with van der Waals surface area (Å²) in [4.78, 5) is 2.24. The summed E-state index contributed by atoms with van der Waals surface area (Å²) in [7, 11) is 1.90. The molecule has 2 heterocycles. The zero-order valence-electron chi connectivity index (χ0n) is 11.3. The Morgan fingerprint density at radius 3 is 2.67 bits per heavy atom. The Hall–Kier alpha value is -1.54. The highest BCUT2D eigenvalue weighted by molar-refractivity contribution is 5.57. The highest BCUT2D eigenvalue weighted by Gasteiger charge is 2.24. The molecule has 0 N–H and O–H groups in total. The van der Waals surface area contributed by atoms with Crippen LogP contribution in [-0.4, -0.2) is 35.6 Å². The van der Waals surface area contributed by atoms with E-state index < -0.39 is 0 Å². The maximum atomic E-state index is 9.22. The van der Waals surface area contributed by atoms with Gasteiger partial charge >= 0.3 is 0 Å². The van der Waals surface area contributed by atoms with E-state index in [0.29, 0.717) is 11.7 Å². The van der Waals surface area contributed by atoms with Gasteiger partial charge in [0, 0.05) is 26.7 Å². The quantitative estimate of drug-likeness (QED) is 0.815. The first-order valence-corrected chi connectivity index (χ1v) is 6.47. The monoisotopic (exact) mass is 248 g/mol. The van der Waals surface area contributed by atoms with E-state index in [1.807, 2.05) is 25.6 Å². The van der Waals surface area contributed by atoms with Gasteiger partial charge in [0.15, 0.2) is 0 Å². The molecule has 0 saturated carbocycles. The van der Waals surface area contributed by atoms with E-state index in [2.05, 4.69) is 16.1 Å². The number of nitriles is 1. The largest absolute Gasteiger partial charge is 0.378 e. The van der Waals surface area contributed by atoms with E-state index in [-0.39, 0.29) is 0 Å². The molecule has 0 aromatic carbocycles. The Bertz CT molecular complexity index is 452. The molecule has 0 amide bonds. The van der Waals surface area contributed by atoms with Crippen molar-refractivity contribution in [2.45, 2.75) is 32.8 Å². The van der Waals surface area contributed by atoms with Crippen molar-refractivity contribution in [3.8, 4) is 6.07 Å². The number of anilines is 1. The molecule has 0 spiro atoms. The van der Waals surface area contributed by atoms with Crippen LogP contribution >= 0.6 is 0 Å². The minimum Gasteiger partial charge on any atom is -0.378 e. The summed E-state index contributed by atoms with van der Waals surface area (Å²) in [6.45, 7) is 6.55. The molecule has 0 radical (unpaired) electrons. The standard InChI is InChI=1S/C13H20N4O/c1-4-18-11-5-7-17(8-6-11)13-12(9-14)10(2)15-16(13)3/h11H,4-8H2,1-3H3. The Labute approximate surface area is 108 Å². The van der Waals surface area contributed by atoms with E-state index in [9.17, 15) is 5.26 Å². The molecule has 1 aromatic heterocycles. The second-order valence-corrected chi connectivity index (χ2v) is 4.66. The molecule has 1 fully saturated rings. The fourth-order valence-corrected chi connectivity index (χ4v) is 2.61.